The van der Waals surface area contributed by atoms with E-state index >= 15 is 0 Å². The molecule has 30 heavy (non-hydrogen) atoms. The summed E-state index contributed by atoms with van der Waals surface area (Å²) in [4.78, 5) is 18.2. The molecule has 0 unspecified atom stereocenters. The highest BCUT2D eigenvalue weighted by Gasteiger charge is 2.17. The molecule has 4 rings (SSSR count). The van der Waals surface area contributed by atoms with Crippen molar-refractivity contribution in [3.05, 3.63) is 93.5 Å². The van der Waals surface area contributed by atoms with Gasteiger partial charge in [0.2, 0.25) is 0 Å². The van der Waals surface area contributed by atoms with Gasteiger partial charge in [-0.1, -0.05) is 53.1 Å². The summed E-state index contributed by atoms with van der Waals surface area (Å²) in [6.07, 6.45) is 0. The van der Waals surface area contributed by atoms with Crippen LogP contribution in [0.3, 0.4) is 0 Å². The van der Waals surface area contributed by atoms with Crippen LogP contribution >= 0.6 is 11.6 Å². The number of carbonyl (C=O) groups is 1. The van der Waals surface area contributed by atoms with E-state index in [4.69, 9.17) is 16.6 Å². The van der Waals surface area contributed by atoms with Gasteiger partial charge in [-0.15, -0.1) is 0 Å². The van der Waals surface area contributed by atoms with Crippen molar-refractivity contribution in [2.75, 3.05) is 5.32 Å². The number of aromatic nitrogens is 1. The molecule has 0 atom stereocenters. The number of benzene rings is 3. The second-order valence-corrected chi connectivity index (χ2v) is 8.25. The average molecular weight is 415 g/mol. The Labute approximate surface area is 181 Å². The molecular formula is C26H23ClN2O. The maximum atomic E-state index is 13.4. The lowest BCUT2D eigenvalue weighted by atomic mass is 9.99. The minimum Gasteiger partial charge on any atom is -0.322 e. The van der Waals surface area contributed by atoms with E-state index in [0.29, 0.717) is 10.6 Å². The van der Waals surface area contributed by atoms with Crippen LogP contribution in [0.5, 0.6) is 0 Å². The molecule has 0 aliphatic carbocycles. The van der Waals surface area contributed by atoms with E-state index in [1.807, 2.05) is 76.2 Å². The van der Waals surface area contributed by atoms with Crippen LogP contribution in [0.1, 0.15) is 32.6 Å². The van der Waals surface area contributed by atoms with Gasteiger partial charge >= 0.3 is 0 Å². The molecule has 1 amide bonds. The van der Waals surface area contributed by atoms with Gasteiger partial charge in [-0.3, -0.25) is 4.79 Å². The number of pyridine rings is 1. The summed E-state index contributed by atoms with van der Waals surface area (Å²) in [7, 11) is 0. The van der Waals surface area contributed by atoms with E-state index < -0.39 is 0 Å². The predicted octanol–water partition coefficient (Wildman–Crippen LogP) is 7.04. The minimum atomic E-state index is -0.144. The molecular weight excluding hydrogens is 392 g/mol. The Morgan fingerprint density at radius 3 is 2.23 bits per heavy atom. The Balaban J connectivity index is 1.87. The van der Waals surface area contributed by atoms with E-state index in [1.165, 1.54) is 0 Å². The third kappa shape index (κ3) is 3.94. The van der Waals surface area contributed by atoms with Crippen molar-refractivity contribution in [3.8, 4) is 11.3 Å². The molecule has 0 bridgehead atoms. The van der Waals surface area contributed by atoms with Crippen molar-refractivity contribution in [1.82, 2.24) is 4.98 Å². The monoisotopic (exact) mass is 414 g/mol. The van der Waals surface area contributed by atoms with Gasteiger partial charge in [-0.2, -0.15) is 0 Å². The molecule has 1 aromatic heterocycles. The van der Waals surface area contributed by atoms with Gasteiger partial charge in [0.1, 0.15) is 0 Å². The third-order valence-electron chi connectivity index (χ3n) is 5.26. The van der Waals surface area contributed by atoms with E-state index in [1.54, 1.807) is 0 Å². The highest BCUT2D eigenvalue weighted by molar-refractivity contribution is 6.30. The Bertz CT molecular complexity index is 1280. The average Bonchev–Trinajstić information content (AvgIpc) is 2.70. The SMILES string of the molecule is Cc1ccc(NC(=O)c2cc(-c3ccc(Cl)cc3)nc3c(C)cc(C)cc23)c(C)c1. The van der Waals surface area contributed by atoms with E-state index in [9.17, 15) is 4.79 Å². The summed E-state index contributed by atoms with van der Waals surface area (Å²) < 4.78 is 0. The van der Waals surface area contributed by atoms with Crippen molar-refractivity contribution < 1.29 is 4.79 Å². The molecule has 3 aromatic carbocycles. The molecule has 0 aliphatic rings. The highest BCUT2D eigenvalue weighted by Crippen LogP contribution is 2.29. The molecule has 0 fully saturated rings. The fourth-order valence-electron chi connectivity index (χ4n) is 3.78. The second kappa shape index (κ2) is 7.92. The van der Waals surface area contributed by atoms with Gasteiger partial charge < -0.3 is 5.32 Å². The molecule has 4 heteroatoms. The zero-order chi connectivity index (χ0) is 21.4. The standard InChI is InChI=1S/C26H23ClN2O/c1-15-5-10-23(17(3)11-15)29-26(30)22-14-24(19-6-8-20(27)9-7-19)28-25-18(4)12-16(2)13-21(22)25/h5-14H,1-4H3,(H,29,30). The van der Waals surface area contributed by atoms with Crippen LogP contribution < -0.4 is 5.32 Å². The molecule has 0 saturated heterocycles. The summed E-state index contributed by atoms with van der Waals surface area (Å²) in [5, 5.41) is 4.60. The molecule has 0 spiro atoms. The van der Waals surface area contributed by atoms with Crippen LogP contribution in [0.15, 0.2) is 60.7 Å². The molecule has 150 valence electrons. The largest absolute Gasteiger partial charge is 0.322 e. The Morgan fingerprint density at radius 2 is 1.53 bits per heavy atom. The van der Waals surface area contributed by atoms with Crippen molar-refractivity contribution in [2.24, 2.45) is 0 Å². The summed E-state index contributed by atoms with van der Waals surface area (Å²) in [5.74, 6) is -0.144. The topological polar surface area (TPSA) is 42.0 Å². The Kier molecular flexibility index (Phi) is 5.31. The van der Waals surface area contributed by atoms with Crippen molar-refractivity contribution >= 4 is 34.1 Å². The van der Waals surface area contributed by atoms with Crippen LogP contribution in [0.25, 0.3) is 22.2 Å². The normalized spacial score (nSPS) is 11.0. The highest BCUT2D eigenvalue weighted by atomic mass is 35.5. The number of nitrogens with one attached hydrogen (secondary N) is 1. The maximum Gasteiger partial charge on any atom is 0.256 e. The maximum absolute atomic E-state index is 13.4. The molecule has 4 aromatic rings. The quantitative estimate of drug-likeness (QED) is 0.390. The first kappa shape index (κ1) is 20.1. The zero-order valence-corrected chi connectivity index (χ0v) is 18.3. The van der Waals surface area contributed by atoms with E-state index in [2.05, 4.69) is 17.4 Å². The van der Waals surface area contributed by atoms with Crippen LogP contribution in [0, 0.1) is 27.7 Å². The van der Waals surface area contributed by atoms with Crippen molar-refractivity contribution in [1.29, 1.82) is 0 Å². The number of fused-ring (bicyclic) bond motifs is 1. The number of nitrogens with zero attached hydrogens (tertiary/aromatic N) is 1. The number of anilines is 1. The molecule has 1 heterocycles. The van der Waals surface area contributed by atoms with Gasteiger partial charge in [-0.25, -0.2) is 4.98 Å². The van der Waals surface area contributed by atoms with Crippen LogP contribution in [-0.4, -0.2) is 10.9 Å². The first-order chi connectivity index (χ1) is 14.3. The summed E-state index contributed by atoms with van der Waals surface area (Å²) in [5.41, 5.74) is 8.26. The first-order valence-corrected chi connectivity index (χ1v) is 10.3. The number of carbonyl (C=O) groups excluding carboxylic acids is 1. The lowest BCUT2D eigenvalue weighted by Crippen LogP contribution is -2.14. The summed E-state index contributed by atoms with van der Waals surface area (Å²) >= 11 is 6.05. The van der Waals surface area contributed by atoms with Crippen molar-refractivity contribution in [2.45, 2.75) is 27.7 Å². The lowest BCUT2D eigenvalue weighted by Gasteiger charge is -2.14. The van der Waals surface area contributed by atoms with Crippen LogP contribution in [-0.2, 0) is 0 Å². The zero-order valence-electron chi connectivity index (χ0n) is 17.5. The van der Waals surface area contributed by atoms with Gasteiger partial charge in [0.15, 0.2) is 0 Å². The van der Waals surface area contributed by atoms with Gasteiger partial charge in [0.05, 0.1) is 16.8 Å². The Morgan fingerprint density at radius 1 is 0.833 bits per heavy atom. The fourth-order valence-corrected chi connectivity index (χ4v) is 3.91. The van der Waals surface area contributed by atoms with Gasteiger partial charge in [0, 0.05) is 21.7 Å². The molecule has 0 aliphatic heterocycles. The lowest BCUT2D eigenvalue weighted by molar-refractivity contribution is 0.102. The van der Waals surface area contributed by atoms with Gasteiger partial charge in [0.25, 0.3) is 5.91 Å². The summed E-state index contributed by atoms with van der Waals surface area (Å²) in [6.45, 7) is 8.10. The molecule has 1 N–H and O–H groups in total. The number of halogens is 1. The number of rotatable bonds is 3. The summed E-state index contributed by atoms with van der Waals surface area (Å²) in [6, 6.07) is 19.5. The third-order valence-corrected chi connectivity index (χ3v) is 5.52. The number of amides is 1. The molecule has 3 nitrogen and oxygen atoms in total. The molecule has 0 radical (unpaired) electrons. The first-order valence-electron chi connectivity index (χ1n) is 9.88. The smallest absolute Gasteiger partial charge is 0.256 e. The van der Waals surface area contributed by atoms with Crippen LogP contribution in [0.4, 0.5) is 5.69 Å². The second-order valence-electron chi connectivity index (χ2n) is 7.81. The number of hydrogen-bond donors (Lipinski definition) is 1. The van der Waals surface area contributed by atoms with Crippen LogP contribution in [0.2, 0.25) is 5.02 Å². The minimum absolute atomic E-state index is 0.144. The van der Waals surface area contributed by atoms with E-state index in [0.717, 1.165) is 50.1 Å². The fraction of sp³-hybridized carbons (Fsp3) is 0.154. The number of hydrogen-bond acceptors (Lipinski definition) is 2. The number of aryl methyl sites for hydroxylation is 4. The molecule has 0 saturated carbocycles. The van der Waals surface area contributed by atoms with E-state index in [-0.39, 0.29) is 5.91 Å². The van der Waals surface area contributed by atoms with Gasteiger partial charge in [-0.05, 0) is 69.2 Å². The predicted molar refractivity (Wildman–Crippen MR) is 126 cm³/mol. The Hall–Kier alpha value is -3.17. The van der Waals surface area contributed by atoms with Crippen molar-refractivity contribution in [3.63, 3.8) is 0 Å².